The summed E-state index contributed by atoms with van der Waals surface area (Å²) in [6.45, 7) is 1.99. The maximum absolute atomic E-state index is 11.5. The van der Waals surface area contributed by atoms with Crippen molar-refractivity contribution in [2.75, 3.05) is 0 Å². The normalized spacial score (nSPS) is 10.2. The van der Waals surface area contributed by atoms with Gasteiger partial charge in [0.15, 0.2) is 5.78 Å². The highest BCUT2D eigenvalue weighted by molar-refractivity contribution is 9.10. The maximum Gasteiger partial charge on any atom is 0.181 e. The van der Waals surface area contributed by atoms with Crippen LogP contribution in [0.5, 0.6) is 0 Å². The van der Waals surface area contributed by atoms with Gasteiger partial charge in [0.1, 0.15) is 5.69 Å². The van der Waals surface area contributed by atoms with Gasteiger partial charge in [-0.2, -0.15) is 5.10 Å². The van der Waals surface area contributed by atoms with Crippen molar-refractivity contribution < 1.29 is 4.79 Å². The second-order valence-electron chi connectivity index (χ2n) is 2.64. The third-order valence-electron chi connectivity index (χ3n) is 1.64. The fraction of sp³-hybridized carbons (Fsp3) is 0.500. The molecule has 0 aliphatic rings. The van der Waals surface area contributed by atoms with Gasteiger partial charge in [-0.1, -0.05) is 6.92 Å². The average molecular weight is 231 g/mol. The lowest BCUT2D eigenvalue weighted by Crippen LogP contribution is -2.06. The first-order chi connectivity index (χ1) is 5.66. The van der Waals surface area contributed by atoms with E-state index in [0.717, 1.165) is 10.9 Å². The minimum atomic E-state index is 0.143. The molecule has 66 valence electrons. The molecule has 3 nitrogen and oxygen atoms in total. The molecule has 0 atom stereocenters. The molecule has 1 heterocycles. The summed E-state index contributed by atoms with van der Waals surface area (Å²) in [6.07, 6.45) is 3.09. The summed E-state index contributed by atoms with van der Waals surface area (Å²) in [5.74, 6) is 0.143. The van der Waals surface area contributed by atoms with Crippen molar-refractivity contribution in [2.45, 2.75) is 19.8 Å². The first-order valence-electron chi connectivity index (χ1n) is 3.87. The topological polar surface area (TPSA) is 34.9 Å². The van der Waals surface area contributed by atoms with Crippen LogP contribution in [0, 0.1) is 0 Å². The van der Waals surface area contributed by atoms with Crippen LogP contribution in [-0.2, 0) is 7.05 Å². The molecule has 0 unspecified atom stereocenters. The Kier molecular flexibility index (Phi) is 3.03. The van der Waals surface area contributed by atoms with Crippen molar-refractivity contribution in [3.8, 4) is 0 Å². The highest BCUT2D eigenvalue weighted by atomic mass is 79.9. The van der Waals surface area contributed by atoms with Crippen LogP contribution in [0.25, 0.3) is 0 Å². The van der Waals surface area contributed by atoms with Gasteiger partial charge in [-0.05, 0) is 22.4 Å². The molecule has 0 saturated carbocycles. The van der Waals surface area contributed by atoms with Crippen LogP contribution in [0.15, 0.2) is 10.7 Å². The van der Waals surface area contributed by atoms with Gasteiger partial charge in [-0.3, -0.25) is 9.48 Å². The van der Waals surface area contributed by atoms with Gasteiger partial charge in [0.05, 0.1) is 10.7 Å². The van der Waals surface area contributed by atoms with E-state index in [1.165, 1.54) is 0 Å². The van der Waals surface area contributed by atoms with Crippen LogP contribution in [0.4, 0.5) is 0 Å². The van der Waals surface area contributed by atoms with E-state index in [9.17, 15) is 4.79 Å². The zero-order chi connectivity index (χ0) is 9.14. The molecule has 0 aliphatic heterocycles. The molecule has 1 aromatic heterocycles. The van der Waals surface area contributed by atoms with E-state index in [0.29, 0.717) is 12.1 Å². The Labute approximate surface area is 79.9 Å². The number of Topliss-reactive ketones (excluding diaryl/α,β-unsaturated/α-hetero) is 1. The minimum absolute atomic E-state index is 0.143. The van der Waals surface area contributed by atoms with Crippen molar-refractivity contribution in [1.82, 2.24) is 9.78 Å². The number of nitrogens with zero attached hydrogens (tertiary/aromatic N) is 2. The Bertz CT molecular complexity index is 274. The zero-order valence-corrected chi connectivity index (χ0v) is 8.76. The maximum atomic E-state index is 11.5. The number of hydrogen-bond donors (Lipinski definition) is 0. The van der Waals surface area contributed by atoms with Crippen LogP contribution >= 0.6 is 15.9 Å². The van der Waals surface area contributed by atoms with E-state index < -0.39 is 0 Å². The predicted octanol–water partition coefficient (Wildman–Crippen LogP) is 2.17. The second-order valence-corrected chi connectivity index (χ2v) is 3.49. The molecule has 0 radical (unpaired) electrons. The lowest BCUT2D eigenvalue weighted by Gasteiger charge is -1.99. The standard InChI is InChI=1S/C8H11BrN2O/c1-3-4-7(12)8-6(9)5-10-11(8)2/h5H,3-4H2,1-2H3. The molecule has 0 bridgehead atoms. The Morgan fingerprint density at radius 2 is 2.42 bits per heavy atom. The fourth-order valence-electron chi connectivity index (χ4n) is 1.07. The lowest BCUT2D eigenvalue weighted by molar-refractivity contribution is 0.0972. The molecule has 1 aromatic rings. The summed E-state index contributed by atoms with van der Waals surface area (Å²) < 4.78 is 2.38. The highest BCUT2D eigenvalue weighted by Gasteiger charge is 2.13. The first kappa shape index (κ1) is 9.45. The smallest absolute Gasteiger partial charge is 0.181 e. The summed E-state index contributed by atoms with van der Waals surface area (Å²) in [4.78, 5) is 11.5. The van der Waals surface area contributed by atoms with Gasteiger partial charge >= 0.3 is 0 Å². The van der Waals surface area contributed by atoms with Crippen LogP contribution in [0.2, 0.25) is 0 Å². The number of halogens is 1. The van der Waals surface area contributed by atoms with Gasteiger partial charge in [0.25, 0.3) is 0 Å². The third kappa shape index (κ3) is 1.75. The summed E-state index contributed by atoms with van der Waals surface area (Å²) >= 11 is 3.28. The number of ketones is 1. The summed E-state index contributed by atoms with van der Waals surface area (Å²) in [6, 6.07) is 0. The minimum Gasteiger partial charge on any atom is -0.292 e. The fourth-order valence-corrected chi connectivity index (χ4v) is 1.64. The van der Waals surface area contributed by atoms with E-state index in [2.05, 4.69) is 21.0 Å². The first-order valence-corrected chi connectivity index (χ1v) is 4.66. The van der Waals surface area contributed by atoms with E-state index in [1.807, 2.05) is 6.92 Å². The monoisotopic (exact) mass is 230 g/mol. The number of hydrogen-bond acceptors (Lipinski definition) is 2. The number of aryl methyl sites for hydroxylation is 1. The number of aromatic nitrogens is 2. The van der Waals surface area contributed by atoms with Crippen molar-refractivity contribution in [3.05, 3.63) is 16.4 Å². The van der Waals surface area contributed by atoms with Gasteiger partial charge in [-0.25, -0.2) is 0 Å². The van der Waals surface area contributed by atoms with E-state index in [4.69, 9.17) is 0 Å². The van der Waals surface area contributed by atoms with Gasteiger partial charge in [0.2, 0.25) is 0 Å². The third-order valence-corrected chi connectivity index (χ3v) is 2.22. The Morgan fingerprint density at radius 3 is 2.83 bits per heavy atom. The van der Waals surface area contributed by atoms with Crippen LogP contribution in [0.3, 0.4) is 0 Å². The average Bonchev–Trinajstić information content (AvgIpc) is 2.32. The lowest BCUT2D eigenvalue weighted by atomic mass is 10.2. The highest BCUT2D eigenvalue weighted by Crippen LogP contribution is 2.17. The number of carbonyl (C=O) groups excluding carboxylic acids is 1. The molecule has 0 aliphatic carbocycles. The Hall–Kier alpha value is -0.640. The molecule has 1 rings (SSSR count). The molecule has 0 spiro atoms. The van der Waals surface area contributed by atoms with Crippen molar-refractivity contribution in [3.63, 3.8) is 0 Å². The van der Waals surface area contributed by atoms with Gasteiger partial charge in [-0.15, -0.1) is 0 Å². The van der Waals surface area contributed by atoms with Crippen LogP contribution < -0.4 is 0 Å². The van der Waals surface area contributed by atoms with Crippen LogP contribution in [0.1, 0.15) is 30.3 Å². The Balaban J connectivity index is 2.93. The van der Waals surface area contributed by atoms with E-state index in [-0.39, 0.29) is 5.78 Å². The van der Waals surface area contributed by atoms with Crippen LogP contribution in [-0.4, -0.2) is 15.6 Å². The molecular formula is C8H11BrN2O. The van der Waals surface area contributed by atoms with Crippen molar-refractivity contribution in [2.24, 2.45) is 7.05 Å². The van der Waals surface area contributed by atoms with Crippen molar-refractivity contribution >= 4 is 21.7 Å². The summed E-state index contributed by atoms with van der Waals surface area (Å²) in [5.41, 5.74) is 0.664. The molecule has 0 amide bonds. The molecular weight excluding hydrogens is 220 g/mol. The molecule has 12 heavy (non-hydrogen) atoms. The molecule has 4 heteroatoms. The molecule has 0 saturated heterocycles. The SMILES string of the molecule is CCCC(=O)c1c(Br)cnn1C. The Morgan fingerprint density at radius 1 is 1.75 bits per heavy atom. The quantitative estimate of drug-likeness (QED) is 0.747. The predicted molar refractivity (Wildman–Crippen MR) is 50.1 cm³/mol. The number of rotatable bonds is 3. The zero-order valence-electron chi connectivity index (χ0n) is 7.17. The summed E-state index contributed by atoms with van der Waals surface area (Å²) in [5, 5.41) is 3.97. The number of carbonyl (C=O) groups is 1. The summed E-state index contributed by atoms with van der Waals surface area (Å²) in [7, 11) is 1.77. The van der Waals surface area contributed by atoms with Gasteiger partial charge in [0, 0.05) is 13.5 Å². The second kappa shape index (κ2) is 3.85. The molecule has 0 fully saturated rings. The molecule has 0 aromatic carbocycles. The van der Waals surface area contributed by atoms with Gasteiger partial charge < -0.3 is 0 Å². The van der Waals surface area contributed by atoms with E-state index in [1.54, 1.807) is 17.9 Å². The van der Waals surface area contributed by atoms with Crippen molar-refractivity contribution in [1.29, 1.82) is 0 Å². The largest absolute Gasteiger partial charge is 0.292 e. The molecule has 0 N–H and O–H groups in total. The van der Waals surface area contributed by atoms with E-state index >= 15 is 0 Å².